The maximum atomic E-state index is 12.1. The Morgan fingerprint density at radius 2 is 1.92 bits per heavy atom. The Morgan fingerprint density at radius 1 is 1.12 bits per heavy atom. The SMILES string of the molecule is Cc1cccc(CCNC(=O)NC(C)c2ccc3c(c2)OCCO3)c1. The van der Waals surface area contributed by atoms with Crippen molar-refractivity contribution >= 4 is 6.03 Å². The number of hydrogen-bond acceptors (Lipinski definition) is 3. The lowest BCUT2D eigenvalue weighted by Crippen LogP contribution is -2.38. The zero-order valence-electron chi connectivity index (χ0n) is 14.7. The van der Waals surface area contributed by atoms with Crippen molar-refractivity contribution in [1.82, 2.24) is 10.6 Å². The van der Waals surface area contributed by atoms with Gasteiger partial charge in [-0.2, -0.15) is 0 Å². The Morgan fingerprint density at radius 3 is 2.72 bits per heavy atom. The van der Waals surface area contributed by atoms with Crippen LogP contribution in [0.4, 0.5) is 4.79 Å². The Balaban J connectivity index is 1.49. The van der Waals surface area contributed by atoms with Crippen molar-refractivity contribution in [2.24, 2.45) is 0 Å². The number of amides is 2. The minimum absolute atomic E-state index is 0.116. The standard InChI is InChI=1S/C20H24N2O3/c1-14-4-3-5-16(12-14)8-9-21-20(23)22-15(2)17-6-7-18-19(13-17)25-11-10-24-18/h3-7,12-13,15H,8-11H2,1-2H3,(H2,21,22,23). The van der Waals surface area contributed by atoms with Gasteiger partial charge in [-0.3, -0.25) is 0 Å². The molecule has 0 radical (unpaired) electrons. The molecule has 1 aliphatic rings. The highest BCUT2D eigenvalue weighted by molar-refractivity contribution is 5.74. The van der Waals surface area contributed by atoms with Gasteiger partial charge in [0.05, 0.1) is 6.04 Å². The second-order valence-electron chi connectivity index (χ2n) is 6.26. The summed E-state index contributed by atoms with van der Waals surface area (Å²) in [4.78, 5) is 12.1. The fourth-order valence-electron chi connectivity index (χ4n) is 2.85. The van der Waals surface area contributed by atoms with Crippen molar-refractivity contribution in [2.45, 2.75) is 26.3 Å². The van der Waals surface area contributed by atoms with Crippen LogP contribution in [-0.2, 0) is 6.42 Å². The third-order valence-electron chi connectivity index (χ3n) is 4.20. The summed E-state index contributed by atoms with van der Waals surface area (Å²) < 4.78 is 11.1. The van der Waals surface area contributed by atoms with Gasteiger partial charge in [0.1, 0.15) is 13.2 Å². The average molecular weight is 340 g/mol. The molecule has 3 rings (SSSR count). The predicted octanol–water partition coefficient (Wildman–Crippen LogP) is 3.37. The maximum Gasteiger partial charge on any atom is 0.315 e. The summed E-state index contributed by atoms with van der Waals surface area (Å²) in [6.45, 7) is 5.74. The molecule has 0 aromatic heterocycles. The van der Waals surface area contributed by atoms with Crippen LogP contribution in [-0.4, -0.2) is 25.8 Å². The Labute approximate surface area is 148 Å². The van der Waals surface area contributed by atoms with E-state index < -0.39 is 0 Å². The highest BCUT2D eigenvalue weighted by Crippen LogP contribution is 2.32. The summed E-state index contributed by atoms with van der Waals surface area (Å²) in [7, 11) is 0. The van der Waals surface area contributed by atoms with E-state index in [1.165, 1.54) is 11.1 Å². The lowest BCUT2D eigenvalue weighted by Gasteiger charge is -2.21. The van der Waals surface area contributed by atoms with Crippen LogP contribution in [0.3, 0.4) is 0 Å². The van der Waals surface area contributed by atoms with Crippen LogP contribution in [0.25, 0.3) is 0 Å². The van der Waals surface area contributed by atoms with E-state index >= 15 is 0 Å². The van der Waals surface area contributed by atoms with Gasteiger partial charge < -0.3 is 20.1 Å². The first-order valence-electron chi connectivity index (χ1n) is 8.61. The van der Waals surface area contributed by atoms with E-state index in [0.29, 0.717) is 19.8 Å². The molecule has 1 heterocycles. The molecule has 0 spiro atoms. The summed E-state index contributed by atoms with van der Waals surface area (Å²) >= 11 is 0. The molecular formula is C20H24N2O3. The number of carbonyl (C=O) groups excluding carboxylic acids is 1. The first kappa shape index (κ1) is 17.1. The fraction of sp³-hybridized carbons (Fsp3) is 0.350. The number of urea groups is 1. The number of hydrogen-bond donors (Lipinski definition) is 2. The molecule has 0 bridgehead atoms. The predicted molar refractivity (Wildman–Crippen MR) is 97.3 cm³/mol. The molecular weight excluding hydrogens is 316 g/mol. The first-order valence-corrected chi connectivity index (χ1v) is 8.61. The molecule has 2 aromatic rings. The zero-order chi connectivity index (χ0) is 17.6. The molecule has 1 unspecified atom stereocenters. The molecule has 2 amide bonds. The van der Waals surface area contributed by atoms with E-state index in [2.05, 4.69) is 35.8 Å². The number of fused-ring (bicyclic) bond motifs is 1. The van der Waals surface area contributed by atoms with E-state index in [4.69, 9.17) is 9.47 Å². The van der Waals surface area contributed by atoms with Crippen molar-refractivity contribution in [3.05, 3.63) is 59.2 Å². The molecule has 1 aliphatic heterocycles. The molecule has 0 aliphatic carbocycles. The summed E-state index contributed by atoms with van der Waals surface area (Å²) in [5.74, 6) is 1.49. The van der Waals surface area contributed by atoms with E-state index in [9.17, 15) is 4.79 Å². The lowest BCUT2D eigenvalue weighted by molar-refractivity contribution is 0.171. The number of carbonyl (C=O) groups is 1. The van der Waals surface area contributed by atoms with Gasteiger partial charge in [-0.25, -0.2) is 4.79 Å². The van der Waals surface area contributed by atoms with Gasteiger partial charge in [0.25, 0.3) is 0 Å². The Bertz CT molecular complexity index is 745. The summed E-state index contributed by atoms with van der Waals surface area (Å²) in [5.41, 5.74) is 3.44. The summed E-state index contributed by atoms with van der Waals surface area (Å²) in [6.07, 6.45) is 0.813. The van der Waals surface area contributed by atoms with E-state index in [0.717, 1.165) is 23.5 Å². The Hall–Kier alpha value is -2.69. The second kappa shape index (κ2) is 7.92. The molecule has 0 saturated heterocycles. The van der Waals surface area contributed by atoms with Gasteiger partial charge in [0, 0.05) is 6.54 Å². The highest BCUT2D eigenvalue weighted by Gasteiger charge is 2.15. The highest BCUT2D eigenvalue weighted by atomic mass is 16.6. The van der Waals surface area contributed by atoms with Crippen LogP contribution in [0, 0.1) is 6.92 Å². The van der Waals surface area contributed by atoms with Crippen LogP contribution >= 0.6 is 0 Å². The number of aryl methyl sites for hydroxylation is 1. The number of benzene rings is 2. The fourth-order valence-corrected chi connectivity index (χ4v) is 2.85. The first-order chi connectivity index (χ1) is 12.1. The summed E-state index contributed by atoms with van der Waals surface area (Å²) in [6, 6.07) is 13.8. The minimum atomic E-state index is -0.171. The van der Waals surface area contributed by atoms with Gasteiger partial charge in [-0.05, 0) is 43.5 Å². The Kier molecular flexibility index (Phi) is 5.43. The van der Waals surface area contributed by atoms with Crippen LogP contribution < -0.4 is 20.1 Å². The van der Waals surface area contributed by atoms with Crippen molar-refractivity contribution in [3.8, 4) is 11.5 Å². The van der Waals surface area contributed by atoms with Crippen molar-refractivity contribution in [1.29, 1.82) is 0 Å². The van der Waals surface area contributed by atoms with Gasteiger partial charge in [-0.15, -0.1) is 0 Å². The normalized spacial score (nSPS) is 13.8. The lowest BCUT2D eigenvalue weighted by atomic mass is 10.1. The second-order valence-corrected chi connectivity index (χ2v) is 6.26. The molecule has 5 heteroatoms. The maximum absolute atomic E-state index is 12.1. The van der Waals surface area contributed by atoms with Gasteiger partial charge in [0.2, 0.25) is 0 Å². The van der Waals surface area contributed by atoms with Crippen molar-refractivity contribution in [3.63, 3.8) is 0 Å². The zero-order valence-corrected chi connectivity index (χ0v) is 14.7. The number of ether oxygens (including phenoxy) is 2. The third-order valence-corrected chi connectivity index (χ3v) is 4.20. The molecule has 0 fully saturated rings. The van der Waals surface area contributed by atoms with Crippen LogP contribution in [0.5, 0.6) is 11.5 Å². The van der Waals surface area contributed by atoms with Gasteiger partial charge >= 0.3 is 6.03 Å². The van der Waals surface area contributed by atoms with Crippen LogP contribution in [0.1, 0.15) is 29.7 Å². The molecule has 0 saturated carbocycles. The van der Waals surface area contributed by atoms with E-state index in [-0.39, 0.29) is 12.1 Å². The molecule has 132 valence electrons. The van der Waals surface area contributed by atoms with Crippen molar-refractivity contribution < 1.29 is 14.3 Å². The van der Waals surface area contributed by atoms with Gasteiger partial charge in [0.15, 0.2) is 11.5 Å². The summed E-state index contributed by atoms with van der Waals surface area (Å²) in [5, 5.41) is 5.86. The smallest absolute Gasteiger partial charge is 0.315 e. The largest absolute Gasteiger partial charge is 0.486 e. The molecule has 5 nitrogen and oxygen atoms in total. The molecule has 1 atom stereocenters. The van der Waals surface area contributed by atoms with Crippen LogP contribution in [0.2, 0.25) is 0 Å². The van der Waals surface area contributed by atoms with Crippen LogP contribution in [0.15, 0.2) is 42.5 Å². The van der Waals surface area contributed by atoms with Crippen molar-refractivity contribution in [2.75, 3.05) is 19.8 Å². The quantitative estimate of drug-likeness (QED) is 0.877. The van der Waals surface area contributed by atoms with E-state index in [1.54, 1.807) is 0 Å². The number of rotatable bonds is 5. The van der Waals surface area contributed by atoms with Gasteiger partial charge in [-0.1, -0.05) is 35.9 Å². The van der Waals surface area contributed by atoms with E-state index in [1.807, 2.05) is 31.2 Å². The minimum Gasteiger partial charge on any atom is -0.486 e. The average Bonchev–Trinajstić information content (AvgIpc) is 2.61. The monoisotopic (exact) mass is 340 g/mol. The topological polar surface area (TPSA) is 59.6 Å². The number of nitrogens with one attached hydrogen (secondary N) is 2. The third kappa shape index (κ3) is 4.66. The molecule has 2 aromatic carbocycles. The molecule has 2 N–H and O–H groups in total. The molecule has 25 heavy (non-hydrogen) atoms.